The van der Waals surface area contributed by atoms with Gasteiger partial charge in [-0.2, -0.15) is 0 Å². The summed E-state index contributed by atoms with van der Waals surface area (Å²) in [4.78, 5) is 85.5. The predicted molar refractivity (Wildman–Crippen MR) is 185 cm³/mol. The molecule has 0 aromatic heterocycles. The summed E-state index contributed by atoms with van der Waals surface area (Å²) in [6.07, 6.45) is 0.0721. The number of ether oxygens (including phenoxy) is 2. The van der Waals surface area contributed by atoms with E-state index in [4.69, 9.17) is 27.8 Å². The molecule has 0 aliphatic heterocycles. The fourth-order valence-electron chi connectivity index (χ4n) is 4.68. The number of carbonyl (C=O) groups is 7. The molecule has 51 heavy (non-hydrogen) atoms. The molecule has 0 saturated carbocycles. The molecular weight excluding hydrogens is 670 g/mol. The van der Waals surface area contributed by atoms with Crippen molar-refractivity contribution in [1.29, 1.82) is 0 Å². The van der Waals surface area contributed by atoms with Gasteiger partial charge in [-0.1, -0.05) is 26.0 Å². The van der Waals surface area contributed by atoms with Gasteiger partial charge in [-0.3, -0.25) is 38.5 Å². The molecule has 0 unspecified atom stereocenters. The Kier molecular flexibility index (Phi) is 21.1. The van der Waals surface area contributed by atoms with E-state index in [2.05, 4.69) is 26.0 Å². The maximum atomic E-state index is 13.3. The Morgan fingerprint density at radius 3 is 2.24 bits per heavy atom. The summed E-state index contributed by atoms with van der Waals surface area (Å²) in [6.45, 7) is 3.31. The third kappa shape index (κ3) is 20.0. The van der Waals surface area contributed by atoms with E-state index in [0.717, 1.165) is 0 Å². The molecule has 0 saturated heterocycles. The number of hydrogen-bond acceptors (Lipinski definition) is 13. The minimum absolute atomic E-state index is 0.0959. The number of carbonyl (C=O) groups excluding carboxylic acids is 5. The first kappa shape index (κ1) is 42.5. The van der Waals surface area contributed by atoms with Gasteiger partial charge in [-0.25, -0.2) is 0 Å². The van der Waals surface area contributed by atoms with E-state index in [0.29, 0.717) is 43.5 Å². The first-order valence-electron chi connectivity index (χ1n) is 17.3. The number of rotatable bonds is 27. The van der Waals surface area contributed by atoms with E-state index >= 15 is 0 Å². The lowest BCUT2D eigenvalue weighted by molar-refractivity contribution is -0.160. The normalized spacial score (nSPS) is 13.0. The van der Waals surface area contributed by atoms with E-state index in [1.807, 2.05) is 0 Å². The van der Waals surface area contributed by atoms with Gasteiger partial charge in [-0.05, 0) is 68.7 Å². The minimum atomic E-state index is -1.24. The highest BCUT2D eigenvalue weighted by Gasteiger charge is 2.32. The Hall–Kier alpha value is -4.65. The molecule has 0 bridgehead atoms. The summed E-state index contributed by atoms with van der Waals surface area (Å²) in [5.41, 5.74) is 12.7. The van der Waals surface area contributed by atoms with Crippen molar-refractivity contribution < 1.29 is 54.6 Å². The zero-order valence-corrected chi connectivity index (χ0v) is 29.2. The number of esters is 1. The summed E-state index contributed by atoms with van der Waals surface area (Å²) in [7, 11) is 0. The SMILES string of the molecule is [2H]C(=O)OCc1ccc(NC(=O)[C@H](CCCCN)NC(=O)[C@@H](OC(=O)[C@@H](N)CCCCNC(=O)CN(CCNCC(=O)O)CC(=O)O)C(C)C)cc1. The number of carboxylic acid groups (broad SMARTS) is 2. The Morgan fingerprint density at radius 1 is 0.941 bits per heavy atom. The van der Waals surface area contributed by atoms with Gasteiger partial charge in [0.05, 0.1) is 19.6 Å². The van der Waals surface area contributed by atoms with Crippen LogP contribution in [0.3, 0.4) is 0 Å². The zero-order chi connectivity index (χ0) is 39.1. The average molecular weight is 725 g/mol. The highest BCUT2D eigenvalue weighted by atomic mass is 16.6. The van der Waals surface area contributed by atoms with Crippen molar-refractivity contribution in [1.82, 2.24) is 20.9 Å². The first-order valence-corrected chi connectivity index (χ1v) is 16.8. The molecule has 18 heteroatoms. The van der Waals surface area contributed by atoms with Crippen molar-refractivity contribution in [2.75, 3.05) is 51.1 Å². The van der Waals surface area contributed by atoms with Crippen LogP contribution in [0.4, 0.5) is 5.69 Å². The van der Waals surface area contributed by atoms with Gasteiger partial charge in [0.25, 0.3) is 12.4 Å². The molecule has 0 spiro atoms. The van der Waals surface area contributed by atoms with Gasteiger partial charge in [0.1, 0.15) is 18.7 Å². The quantitative estimate of drug-likeness (QED) is 0.0312. The largest absolute Gasteiger partial charge is 0.480 e. The molecule has 10 N–H and O–H groups in total. The topological polar surface area (TPSA) is 282 Å². The van der Waals surface area contributed by atoms with Gasteiger partial charge < -0.3 is 52.4 Å². The molecule has 286 valence electrons. The Balaban J connectivity index is 2.65. The van der Waals surface area contributed by atoms with E-state index in [1.54, 1.807) is 38.1 Å². The maximum absolute atomic E-state index is 13.3. The second kappa shape index (κ2) is 25.3. The fraction of sp³-hybridized carbons (Fsp3) is 0.606. The van der Waals surface area contributed by atoms with Crippen LogP contribution in [-0.2, 0) is 49.6 Å². The number of amides is 3. The number of aliphatic carboxylic acids is 2. The Morgan fingerprint density at radius 2 is 1.63 bits per heavy atom. The van der Waals surface area contributed by atoms with Crippen molar-refractivity contribution >= 4 is 47.8 Å². The van der Waals surface area contributed by atoms with E-state index in [9.17, 15) is 33.6 Å². The Labute approximate surface area is 298 Å². The van der Waals surface area contributed by atoms with Crippen LogP contribution >= 0.6 is 0 Å². The van der Waals surface area contributed by atoms with Crippen LogP contribution in [0, 0.1) is 5.92 Å². The predicted octanol–water partition coefficient (Wildman–Crippen LogP) is -0.846. The number of anilines is 1. The smallest absolute Gasteiger partial charge is 0.323 e. The number of carboxylic acids is 2. The van der Waals surface area contributed by atoms with Gasteiger partial charge in [0, 0.05) is 25.3 Å². The van der Waals surface area contributed by atoms with Crippen LogP contribution in [0.15, 0.2) is 24.3 Å². The molecule has 3 amide bonds. The minimum Gasteiger partial charge on any atom is -0.480 e. The van der Waals surface area contributed by atoms with Crippen molar-refractivity contribution in [3.05, 3.63) is 29.8 Å². The molecular formula is C33H53N7O11. The summed E-state index contributed by atoms with van der Waals surface area (Å²) in [5.74, 6) is -5.06. The summed E-state index contributed by atoms with van der Waals surface area (Å²) in [5, 5.41) is 28.5. The first-order chi connectivity index (χ1) is 24.6. The molecule has 0 radical (unpaired) electrons. The molecule has 0 heterocycles. The van der Waals surface area contributed by atoms with Gasteiger partial charge >= 0.3 is 17.9 Å². The van der Waals surface area contributed by atoms with Crippen molar-refractivity contribution in [3.63, 3.8) is 0 Å². The van der Waals surface area contributed by atoms with Crippen LogP contribution in [0.25, 0.3) is 0 Å². The standard InChI is InChI=1S/C33H53N7O11/c1-22(2)30(32(48)39-26(8-3-5-13-34)31(47)38-24-11-9-23(10-12-24)20-50-21-41)51-33(49)25(35)7-4-6-14-37-27(42)18-40(19-29(45)46)16-15-36-17-28(43)44/h9-12,21-22,25-26,30,36H,3-8,13-20,34-35H2,1-2H3,(H,37,42)(H,38,47)(H,39,48)(H,43,44)(H,45,46)/t25-,26-,30-/m0/s1/i21D. The highest BCUT2D eigenvalue weighted by Crippen LogP contribution is 2.14. The summed E-state index contributed by atoms with van der Waals surface area (Å²) >= 11 is 0. The van der Waals surface area contributed by atoms with Crippen molar-refractivity contribution in [2.45, 2.75) is 77.2 Å². The van der Waals surface area contributed by atoms with Gasteiger partial charge in [0.15, 0.2) is 7.47 Å². The van der Waals surface area contributed by atoms with E-state index in [1.165, 1.54) is 4.90 Å². The second-order valence-electron chi connectivity index (χ2n) is 12.1. The van der Waals surface area contributed by atoms with E-state index < -0.39 is 72.7 Å². The molecule has 18 nitrogen and oxygen atoms in total. The summed E-state index contributed by atoms with van der Waals surface area (Å²) in [6, 6.07) is 4.35. The molecule has 0 aliphatic rings. The van der Waals surface area contributed by atoms with Crippen LogP contribution in [0.2, 0.25) is 0 Å². The lowest BCUT2D eigenvalue weighted by Crippen LogP contribution is -2.51. The van der Waals surface area contributed by atoms with E-state index in [-0.39, 0.29) is 52.2 Å². The number of unbranched alkanes of at least 4 members (excludes halogenated alkanes) is 2. The van der Waals surface area contributed by atoms with Gasteiger partial charge in [0.2, 0.25) is 11.8 Å². The average Bonchev–Trinajstić information content (AvgIpc) is 3.07. The summed E-state index contributed by atoms with van der Waals surface area (Å²) < 4.78 is 17.0. The highest BCUT2D eigenvalue weighted by molar-refractivity contribution is 5.98. The molecule has 1 rings (SSSR count). The van der Waals surface area contributed by atoms with Crippen LogP contribution in [0.5, 0.6) is 0 Å². The molecule has 1 aromatic rings. The zero-order valence-electron chi connectivity index (χ0n) is 30.2. The molecule has 0 aliphatic carbocycles. The number of benzene rings is 1. The van der Waals surface area contributed by atoms with Crippen molar-refractivity contribution in [3.8, 4) is 0 Å². The number of nitrogens with two attached hydrogens (primary N) is 2. The third-order valence-electron chi connectivity index (χ3n) is 7.38. The van der Waals surface area contributed by atoms with Crippen LogP contribution < -0.4 is 32.7 Å². The number of nitrogens with zero attached hydrogens (tertiary/aromatic N) is 1. The molecule has 0 fully saturated rings. The maximum Gasteiger partial charge on any atom is 0.323 e. The fourth-order valence-corrected chi connectivity index (χ4v) is 4.68. The molecule has 3 atom stereocenters. The van der Waals surface area contributed by atoms with Crippen LogP contribution in [0.1, 0.15) is 59.3 Å². The molecule has 1 aromatic carbocycles. The number of nitrogens with one attached hydrogen (secondary N) is 4. The van der Waals surface area contributed by atoms with Gasteiger partial charge in [-0.15, -0.1) is 0 Å². The second-order valence-corrected chi connectivity index (χ2v) is 12.1. The van der Waals surface area contributed by atoms with Crippen molar-refractivity contribution in [2.24, 2.45) is 17.4 Å². The number of hydrogen-bond donors (Lipinski definition) is 8. The Bertz CT molecular complexity index is 1320. The lowest BCUT2D eigenvalue weighted by atomic mass is 10.0. The van der Waals surface area contributed by atoms with Crippen LogP contribution in [-0.4, -0.2) is 121 Å². The third-order valence-corrected chi connectivity index (χ3v) is 7.38. The lowest BCUT2D eigenvalue weighted by Gasteiger charge is -2.25. The monoisotopic (exact) mass is 724 g/mol.